The number of pyridine rings is 2. The summed E-state index contributed by atoms with van der Waals surface area (Å²) in [5.41, 5.74) is 6.94. The standard InChI is InChI=1S/C26H30N6.C2H6/c1-18-6-7-21(22-12-20(14-28-15-22)17-32-10-5-11-32)13-24(18)26(27)19(2)30-23-8-9-25(29-16-23)31(3)4;1-2/h6-9,12-16,27,30H,2,5,10-11,17H2,1,3-4H3;1-2H3. The fourth-order valence-electron chi connectivity index (χ4n) is 3.72. The molecule has 6 heteroatoms. The number of hydrogen-bond acceptors (Lipinski definition) is 6. The van der Waals surface area contributed by atoms with Gasteiger partial charge in [0.05, 0.1) is 23.3 Å². The van der Waals surface area contributed by atoms with Gasteiger partial charge in [0.2, 0.25) is 0 Å². The van der Waals surface area contributed by atoms with E-state index in [1.165, 1.54) is 25.1 Å². The van der Waals surface area contributed by atoms with Crippen molar-refractivity contribution in [2.75, 3.05) is 37.4 Å². The molecule has 3 aromatic rings. The van der Waals surface area contributed by atoms with Crippen LogP contribution in [-0.4, -0.2) is 47.8 Å². The van der Waals surface area contributed by atoms with Crippen LogP contribution >= 0.6 is 0 Å². The molecule has 0 radical (unpaired) electrons. The van der Waals surface area contributed by atoms with Crippen LogP contribution < -0.4 is 10.2 Å². The van der Waals surface area contributed by atoms with E-state index in [0.29, 0.717) is 11.4 Å². The van der Waals surface area contributed by atoms with Gasteiger partial charge < -0.3 is 10.2 Å². The van der Waals surface area contributed by atoms with Crippen molar-refractivity contribution in [3.63, 3.8) is 0 Å². The van der Waals surface area contributed by atoms with E-state index in [0.717, 1.165) is 40.3 Å². The Morgan fingerprint density at radius 2 is 1.82 bits per heavy atom. The van der Waals surface area contributed by atoms with E-state index in [-0.39, 0.29) is 0 Å². The Morgan fingerprint density at radius 1 is 1.06 bits per heavy atom. The van der Waals surface area contributed by atoms with Gasteiger partial charge in [0.1, 0.15) is 5.82 Å². The molecule has 0 spiro atoms. The first-order valence-corrected chi connectivity index (χ1v) is 11.9. The number of likely N-dealkylation sites (tertiary alicyclic amines) is 1. The molecule has 178 valence electrons. The number of aryl methyl sites for hydroxylation is 1. The lowest BCUT2D eigenvalue weighted by Gasteiger charge is -2.30. The van der Waals surface area contributed by atoms with Gasteiger partial charge in [-0.05, 0) is 67.4 Å². The van der Waals surface area contributed by atoms with Crippen molar-refractivity contribution in [1.29, 1.82) is 5.41 Å². The molecule has 0 saturated carbocycles. The van der Waals surface area contributed by atoms with Crippen molar-refractivity contribution in [3.8, 4) is 11.1 Å². The molecule has 4 rings (SSSR count). The molecule has 1 saturated heterocycles. The molecule has 1 aliphatic rings. The van der Waals surface area contributed by atoms with Gasteiger partial charge in [0.25, 0.3) is 0 Å². The largest absolute Gasteiger partial charge is 0.363 e. The van der Waals surface area contributed by atoms with E-state index >= 15 is 0 Å². The maximum absolute atomic E-state index is 8.75. The minimum atomic E-state index is 0.366. The number of rotatable bonds is 8. The molecule has 0 aliphatic carbocycles. The van der Waals surface area contributed by atoms with Crippen LogP contribution in [0.15, 0.2) is 67.3 Å². The van der Waals surface area contributed by atoms with Crippen molar-refractivity contribution < 1.29 is 0 Å². The van der Waals surface area contributed by atoms with Gasteiger partial charge in [-0.1, -0.05) is 32.6 Å². The fourth-order valence-corrected chi connectivity index (χ4v) is 3.72. The fraction of sp³-hybridized carbons (Fsp3) is 0.321. The first kappa shape index (κ1) is 25.1. The Hall–Kier alpha value is -3.51. The number of allylic oxidation sites excluding steroid dienone is 1. The number of benzene rings is 1. The highest BCUT2D eigenvalue weighted by Crippen LogP contribution is 2.25. The Labute approximate surface area is 203 Å². The molecule has 0 amide bonds. The minimum Gasteiger partial charge on any atom is -0.363 e. The van der Waals surface area contributed by atoms with Crippen LogP contribution in [0, 0.1) is 12.3 Å². The van der Waals surface area contributed by atoms with Crippen LogP contribution in [0.1, 0.15) is 37.0 Å². The van der Waals surface area contributed by atoms with E-state index < -0.39 is 0 Å². The molecule has 1 aromatic carbocycles. The zero-order valence-electron chi connectivity index (χ0n) is 21.0. The SMILES string of the molecule is C=C(Nc1ccc(N(C)C)nc1)C(=N)c1cc(-c2cncc(CN3CCC3)c2)ccc1C.CC. The third-order valence-corrected chi connectivity index (χ3v) is 5.79. The van der Waals surface area contributed by atoms with Crippen LogP contribution in [0.3, 0.4) is 0 Å². The quantitative estimate of drug-likeness (QED) is 0.423. The highest BCUT2D eigenvalue weighted by atomic mass is 15.2. The van der Waals surface area contributed by atoms with Crippen molar-refractivity contribution in [1.82, 2.24) is 14.9 Å². The molecule has 3 heterocycles. The number of aromatic nitrogens is 2. The monoisotopic (exact) mass is 456 g/mol. The van der Waals surface area contributed by atoms with Gasteiger partial charge in [-0.2, -0.15) is 0 Å². The van der Waals surface area contributed by atoms with E-state index in [4.69, 9.17) is 5.41 Å². The Morgan fingerprint density at radius 3 is 2.44 bits per heavy atom. The van der Waals surface area contributed by atoms with E-state index in [2.05, 4.69) is 51.0 Å². The van der Waals surface area contributed by atoms with Crippen molar-refractivity contribution in [3.05, 3.63) is 84.0 Å². The van der Waals surface area contributed by atoms with Crippen molar-refractivity contribution >= 4 is 17.2 Å². The van der Waals surface area contributed by atoms with E-state index in [1.54, 1.807) is 6.20 Å². The Balaban J connectivity index is 0.00000158. The van der Waals surface area contributed by atoms with Crippen LogP contribution in [0.5, 0.6) is 0 Å². The highest BCUT2D eigenvalue weighted by molar-refractivity contribution is 6.13. The second-order valence-corrected chi connectivity index (χ2v) is 8.52. The van der Waals surface area contributed by atoms with E-state index in [1.807, 2.05) is 64.3 Å². The van der Waals surface area contributed by atoms with Gasteiger partial charge in [-0.25, -0.2) is 4.98 Å². The van der Waals surface area contributed by atoms with Gasteiger partial charge >= 0.3 is 0 Å². The lowest BCUT2D eigenvalue weighted by molar-refractivity contribution is 0.172. The average molecular weight is 457 g/mol. The normalized spacial score (nSPS) is 12.7. The van der Waals surface area contributed by atoms with Gasteiger partial charge in [-0.15, -0.1) is 0 Å². The molecule has 2 aromatic heterocycles. The average Bonchev–Trinajstić information content (AvgIpc) is 2.83. The molecule has 1 aliphatic heterocycles. The molecule has 0 bridgehead atoms. The Kier molecular flexibility index (Phi) is 8.55. The van der Waals surface area contributed by atoms with Gasteiger partial charge in [0.15, 0.2) is 0 Å². The second kappa shape index (κ2) is 11.6. The first-order valence-electron chi connectivity index (χ1n) is 11.9. The smallest absolute Gasteiger partial charge is 0.128 e. The molecular formula is C28H36N6. The van der Waals surface area contributed by atoms with Gasteiger partial charge in [0, 0.05) is 44.2 Å². The summed E-state index contributed by atoms with van der Waals surface area (Å²) in [7, 11) is 3.91. The third kappa shape index (κ3) is 6.08. The van der Waals surface area contributed by atoms with Crippen molar-refractivity contribution in [2.24, 2.45) is 0 Å². The second-order valence-electron chi connectivity index (χ2n) is 8.52. The third-order valence-electron chi connectivity index (χ3n) is 5.79. The molecule has 0 atom stereocenters. The van der Waals surface area contributed by atoms with Crippen LogP contribution in [0.25, 0.3) is 11.1 Å². The lowest BCUT2D eigenvalue weighted by Crippen LogP contribution is -2.36. The number of nitrogens with zero attached hydrogens (tertiary/aromatic N) is 4. The summed E-state index contributed by atoms with van der Waals surface area (Å²) >= 11 is 0. The zero-order chi connectivity index (χ0) is 24.7. The highest BCUT2D eigenvalue weighted by Gasteiger charge is 2.15. The number of nitrogens with one attached hydrogen (secondary N) is 2. The lowest BCUT2D eigenvalue weighted by atomic mass is 9.96. The summed E-state index contributed by atoms with van der Waals surface area (Å²) in [4.78, 5) is 13.2. The molecule has 34 heavy (non-hydrogen) atoms. The van der Waals surface area contributed by atoms with Crippen LogP contribution in [-0.2, 0) is 6.54 Å². The predicted molar refractivity (Wildman–Crippen MR) is 144 cm³/mol. The molecule has 2 N–H and O–H groups in total. The summed E-state index contributed by atoms with van der Waals surface area (Å²) in [6.45, 7) is 13.4. The van der Waals surface area contributed by atoms with Crippen molar-refractivity contribution in [2.45, 2.75) is 33.7 Å². The zero-order valence-corrected chi connectivity index (χ0v) is 21.0. The molecular weight excluding hydrogens is 420 g/mol. The van der Waals surface area contributed by atoms with Gasteiger partial charge in [-0.3, -0.25) is 15.3 Å². The number of hydrogen-bond donors (Lipinski definition) is 2. The topological polar surface area (TPSA) is 68.1 Å². The predicted octanol–water partition coefficient (Wildman–Crippen LogP) is 5.74. The van der Waals surface area contributed by atoms with Crippen LogP contribution in [0.2, 0.25) is 0 Å². The van der Waals surface area contributed by atoms with Crippen LogP contribution in [0.4, 0.5) is 11.5 Å². The molecule has 1 fully saturated rings. The summed E-state index contributed by atoms with van der Waals surface area (Å²) in [6, 6.07) is 12.3. The minimum absolute atomic E-state index is 0.366. The summed E-state index contributed by atoms with van der Waals surface area (Å²) in [5.74, 6) is 0.879. The summed E-state index contributed by atoms with van der Waals surface area (Å²) in [6.07, 6.45) is 6.87. The first-order chi connectivity index (χ1) is 16.4. The van der Waals surface area contributed by atoms with E-state index in [9.17, 15) is 0 Å². The summed E-state index contributed by atoms with van der Waals surface area (Å²) < 4.78 is 0. The molecule has 6 nitrogen and oxygen atoms in total. The Bertz CT molecular complexity index is 1130. The summed E-state index contributed by atoms with van der Waals surface area (Å²) in [5, 5.41) is 12.0. The maximum atomic E-state index is 8.75. The number of anilines is 2. The maximum Gasteiger partial charge on any atom is 0.128 e. The molecule has 0 unspecified atom stereocenters.